The number of carbonyl (C=O) groups excluding carboxylic acids is 1. The van der Waals surface area contributed by atoms with Crippen LogP contribution in [0.5, 0.6) is 0 Å². The Morgan fingerprint density at radius 3 is 2.12 bits per heavy atom. The Kier molecular flexibility index (Phi) is 6.94. The second-order valence-electron chi connectivity index (χ2n) is 6.77. The Morgan fingerprint density at radius 1 is 0.879 bits per heavy atom. The SMILES string of the molecule is O=C(CN(c1ccc(Cl)cc1)S(=O)(=O)c1ccccc1)Nc1nnc(-c2ccc(Cl)cc2)s1. The molecule has 3 aromatic carbocycles. The lowest BCUT2D eigenvalue weighted by atomic mass is 10.2. The lowest BCUT2D eigenvalue weighted by molar-refractivity contribution is -0.114. The molecule has 33 heavy (non-hydrogen) atoms. The van der Waals surface area contributed by atoms with Gasteiger partial charge in [-0.25, -0.2) is 8.42 Å². The molecule has 168 valence electrons. The molecule has 0 aliphatic rings. The molecule has 0 bridgehead atoms. The summed E-state index contributed by atoms with van der Waals surface area (Å²) >= 11 is 13.0. The number of hydrogen-bond donors (Lipinski definition) is 1. The Morgan fingerprint density at radius 2 is 1.48 bits per heavy atom. The van der Waals surface area contributed by atoms with Crippen LogP contribution in [0.1, 0.15) is 0 Å². The Labute approximate surface area is 204 Å². The molecule has 0 atom stereocenters. The number of carbonyl (C=O) groups is 1. The largest absolute Gasteiger partial charge is 0.299 e. The van der Waals surface area contributed by atoms with E-state index < -0.39 is 22.5 Å². The van der Waals surface area contributed by atoms with Crippen molar-refractivity contribution in [2.75, 3.05) is 16.2 Å². The molecule has 0 radical (unpaired) electrons. The molecule has 0 aliphatic heterocycles. The number of hydrogen-bond acceptors (Lipinski definition) is 6. The van der Waals surface area contributed by atoms with E-state index in [0.29, 0.717) is 20.7 Å². The van der Waals surface area contributed by atoms with Crippen LogP contribution in [0.4, 0.5) is 10.8 Å². The molecule has 1 aromatic heterocycles. The zero-order chi connectivity index (χ0) is 23.4. The van der Waals surface area contributed by atoms with E-state index in [1.165, 1.54) is 23.5 Å². The fourth-order valence-electron chi connectivity index (χ4n) is 2.91. The van der Waals surface area contributed by atoms with Crippen molar-refractivity contribution in [1.82, 2.24) is 10.2 Å². The monoisotopic (exact) mass is 518 g/mol. The third-order valence-electron chi connectivity index (χ3n) is 4.50. The topological polar surface area (TPSA) is 92.3 Å². The summed E-state index contributed by atoms with van der Waals surface area (Å²) in [5, 5.41) is 12.6. The van der Waals surface area contributed by atoms with Crippen LogP contribution in [-0.2, 0) is 14.8 Å². The minimum Gasteiger partial charge on any atom is -0.299 e. The first-order valence-electron chi connectivity index (χ1n) is 9.55. The summed E-state index contributed by atoms with van der Waals surface area (Å²) in [5.41, 5.74) is 1.10. The summed E-state index contributed by atoms with van der Waals surface area (Å²) in [6.07, 6.45) is 0. The number of nitrogens with zero attached hydrogens (tertiary/aromatic N) is 3. The molecule has 0 saturated carbocycles. The van der Waals surface area contributed by atoms with Gasteiger partial charge in [0.1, 0.15) is 11.6 Å². The van der Waals surface area contributed by atoms with Gasteiger partial charge in [0, 0.05) is 15.6 Å². The minimum atomic E-state index is -4.01. The predicted octanol–water partition coefficient (Wildman–Crippen LogP) is 5.35. The van der Waals surface area contributed by atoms with Gasteiger partial charge in [-0.1, -0.05) is 64.9 Å². The zero-order valence-corrected chi connectivity index (χ0v) is 20.0. The first kappa shape index (κ1) is 23.2. The molecular weight excluding hydrogens is 503 g/mol. The van der Waals surface area contributed by atoms with E-state index in [4.69, 9.17) is 23.2 Å². The number of halogens is 2. The Balaban J connectivity index is 1.57. The van der Waals surface area contributed by atoms with Gasteiger partial charge in [-0.3, -0.25) is 14.4 Å². The van der Waals surface area contributed by atoms with Crippen LogP contribution < -0.4 is 9.62 Å². The third-order valence-corrected chi connectivity index (χ3v) is 7.68. The van der Waals surface area contributed by atoms with E-state index in [2.05, 4.69) is 15.5 Å². The molecular formula is C22H16Cl2N4O3S2. The summed E-state index contributed by atoms with van der Waals surface area (Å²) in [6.45, 7) is -0.464. The molecule has 0 spiro atoms. The zero-order valence-electron chi connectivity index (χ0n) is 16.9. The molecule has 0 aliphatic carbocycles. The van der Waals surface area contributed by atoms with Crippen LogP contribution in [0.2, 0.25) is 10.0 Å². The van der Waals surface area contributed by atoms with E-state index in [1.54, 1.807) is 66.7 Å². The normalized spacial score (nSPS) is 11.2. The maximum absolute atomic E-state index is 13.3. The molecule has 0 unspecified atom stereocenters. The van der Waals surface area contributed by atoms with Gasteiger partial charge in [0.25, 0.3) is 10.0 Å². The number of nitrogens with one attached hydrogen (secondary N) is 1. The maximum Gasteiger partial charge on any atom is 0.264 e. The summed E-state index contributed by atoms with van der Waals surface area (Å²) in [5.74, 6) is -0.566. The van der Waals surface area contributed by atoms with E-state index in [0.717, 1.165) is 9.87 Å². The van der Waals surface area contributed by atoms with Crippen molar-refractivity contribution in [2.24, 2.45) is 0 Å². The molecule has 7 nitrogen and oxygen atoms in total. The van der Waals surface area contributed by atoms with Gasteiger partial charge < -0.3 is 0 Å². The van der Waals surface area contributed by atoms with Crippen LogP contribution in [-0.4, -0.2) is 31.1 Å². The van der Waals surface area contributed by atoms with E-state index in [-0.39, 0.29) is 10.0 Å². The van der Waals surface area contributed by atoms with Crippen molar-refractivity contribution in [1.29, 1.82) is 0 Å². The van der Waals surface area contributed by atoms with Gasteiger partial charge in [-0.15, -0.1) is 10.2 Å². The highest BCUT2D eigenvalue weighted by molar-refractivity contribution is 7.92. The number of anilines is 2. The summed E-state index contributed by atoms with van der Waals surface area (Å²) in [6, 6.07) is 21.1. The van der Waals surface area contributed by atoms with Gasteiger partial charge in [0.05, 0.1) is 10.6 Å². The second kappa shape index (κ2) is 9.88. The molecule has 1 amide bonds. The number of aromatic nitrogens is 2. The van der Waals surface area contributed by atoms with Crippen LogP contribution in [0, 0.1) is 0 Å². The molecule has 1 heterocycles. The number of amides is 1. The highest BCUT2D eigenvalue weighted by Gasteiger charge is 2.27. The molecule has 0 saturated heterocycles. The molecule has 4 aromatic rings. The fraction of sp³-hybridized carbons (Fsp3) is 0.0455. The van der Waals surface area contributed by atoms with Crippen LogP contribution in [0.15, 0.2) is 83.8 Å². The lowest BCUT2D eigenvalue weighted by Crippen LogP contribution is -2.38. The van der Waals surface area contributed by atoms with Crippen LogP contribution >= 0.6 is 34.5 Å². The predicted molar refractivity (Wildman–Crippen MR) is 131 cm³/mol. The standard InChI is InChI=1S/C22H16Cl2N4O3S2/c23-16-8-6-15(7-9-16)21-26-27-22(32-21)25-20(29)14-28(18-12-10-17(24)11-13-18)33(30,31)19-4-2-1-3-5-19/h1-13H,14H2,(H,25,27,29). The molecule has 4 rings (SSSR count). The molecule has 11 heteroatoms. The summed E-state index contributed by atoms with van der Waals surface area (Å²) < 4.78 is 27.6. The van der Waals surface area contributed by atoms with Crippen molar-refractivity contribution < 1.29 is 13.2 Å². The summed E-state index contributed by atoms with van der Waals surface area (Å²) in [7, 11) is -4.01. The smallest absolute Gasteiger partial charge is 0.264 e. The second-order valence-corrected chi connectivity index (χ2v) is 10.5. The van der Waals surface area contributed by atoms with E-state index >= 15 is 0 Å². The van der Waals surface area contributed by atoms with E-state index in [9.17, 15) is 13.2 Å². The van der Waals surface area contributed by atoms with Crippen molar-refractivity contribution >= 4 is 61.3 Å². The average Bonchev–Trinajstić information content (AvgIpc) is 3.27. The number of sulfonamides is 1. The Hall–Kier alpha value is -2.98. The van der Waals surface area contributed by atoms with Gasteiger partial charge >= 0.3 is 0 Å². The van der Waals surface area contributed by atoms with Gasteiger partial charge in [-0.2, -0.15) is 0 Å². The van der Waals surface area contributed by atoms with Crippen LogP contribution in [0.25, 0.3) is 10.6 Å². The quantitative estimate of drug-likeness (QED) is 0.356. The van der Waals surface area contributed by atoms with Crippen molar-refractivity contribution in [3.8, 4) is 10.6 Å². The van der Waals surface area contributed by atoms with Crippen molar-refractivity contribution in [3.63, 3.8) is 0 Å². The molecule has 0 fully saturated rings. The van der Waals surface area contributed by atoms with Gasteiger partial charge in [0.15, 0.2) is 0 Å². The van der Waals surface area contributed by atoms with E-state index in [1.807, 2.05) is 0 Å². The average molecular weight is 519 g/mol. The third kappa shape index (κ3) is 5.51. The first-order valence-corrected chi connectivity index (χ1v) is 12.6. The van der Waals surface area contributed by atoms with Crippen molar-refractivity contribution in [2.45, 2.75) is 4.90 Å². The van der Waals surface area contributed by atoms with Gasteiger partial charge in [0.2, 0.25) is 11.0 Å². The lowest BCUT2D eigenvalue weighted by Gasteiger charge is -2.24. The number of benzene rings is 3. The maximum atomic E-state index is 13.3. The Bertz CT molecular complexity index is 1360. The first-order chi connectivity index (χ1) is 15.8. The summed E-state index contributed by atoms with van der Waals surface area (Å²) in [4.78, 5) is 12.9. The minimum absolute atomic E-state index is 0.0636. The van der Waals surface area contributed by atoms with Crippen LogP contribution in [0.3, 0.4) is 0 Å². The number of rotatable bonds is 7. The van der Waals surface area contributed by atoms with Gasteiger partial charge in [-0.05, 0) is 48.5 Å². The highest BCUT2D eigenvalue weighted by atomic mass is 35.5. The molecule has 1 N–H and O–H groups in total. The highest BCUT2D eigenvalue weighted by Crippen LogP contribution is 2.28. The van der Waals surface area contributed by atoms with Crippen molar-refractivity contribution in [3.05, 3.63) is 88.9 Å². The fourth-order valence-corrected chi connectivity index (χ4v) is 5.37.